The maximum Gasteiger partial charge on any atom is 0.415 e. The van der Waals surface area contributed by atoms with Crippen molar-refractivity contribution in [3.8, 4) is 50.8 Å². The largest absolute Gasteiger partial charge is 0.415 e. The number of nitriles is 1. The van der Waals surface area contributed by atoms with E-state index in [0.29, 0.717) is 28.1 Å². The Kier molecular flexibility index (Phi) is 8.45. The number of rotatable bonds is 5. The first kappa shape index (κ1) is 36.5. The normalized spacial score (nSPS) is 11.7. The lowest BCUT2D eigenvalue weighted by Gasteiger charge is -2.22. The number of aromatic nitrogens is 2. The number of alkyl halides is 3. The second kappa shape index (κ2) is 13.9. The van der Waals surface area contributed by atoms with E-state index >= 15 is 0 Å². The zero-order chi connectivity index (χ0) is 41.3. The third-order valence-electron chi connectivity index (χ3n) is 11.5. The second-order valence-electron chi connectivity index (χ2n) is 15.3. The molecule has 2 aromatic heterocycles. The van der Waals surface area contributed by atoms with Crippen molar-refractivity contribution in [2.75, 3.05) is 0 Å². The highest BCUT2D eigenvalue weighted by molar-refractivity contribution is 6.13. The quantitative estimate of drug-likeness (QED) is 0.160. The van der Waals surface area contributed by atoms with E-state index in [2.05, 4.69) is 119 Å². The first-order valence-electron chi connectivity index (χ1n) is 19.5. The molecule has 0 saturated heterocycles. The summed E-state index contributed by atoms with van der Waals surface area (Å²) in [6.07, 6.45) is -4.66. The predicted molar refractivity (Wildman–Crippen MR) is 237 cm³/mol. The summed E-state index contributed by atoms with van der Waals surface area (Å²) in [5, 5.41) is 14.7. The average molecular weight is 783 g/mol. The van der Waals surface area contributed by atoms with E-state index < -0.39 is 11.7 Å². The van der Waals surface area contributed by atoms with Gasteiger partial charge in [0.2, 0.25) is 0 Å². The van der Waals surface area contributed by atoms with Crippen molar-refractivity contribution >= 4 is 49.3 Å². The molecule has 0 aliphatic rings. The molecule has 4 nitrogen and oxygen atoms in total. The van der Waals surface area contributed by atoms with Crippen LogP contribution >= 0.6 is 0 Å². The zero-order valence-electron chi connectivity index (χ0n) is 32.5. The topological polar surface area (TPSA) is 38.0 Å². The molecule has 0 aliphatic carbocycles. The van der Waals surface area contributed by atoms with Crippen molar-refractivity contribution in [2.45, 2.75) is 20.0 Å². The van der Waals surface area contributed by atoms with Crippen LogP contribution in [0.25, 0.3) is 93.2 Å². The van der Waals surface area contributed by atoms with Gasteiger partial charge in [-0.2, -0.15) is 18.4 Å². The van der Waals surface area contributed by atoms with Gasteiger partial charge in [-0.05, 0) is 84.1 Å². The smallest absolute Gasteiger partial charge is 0.309 e. The summed E-state index contributed by atoms with van der Waals surface area (Å²) in [6.45, 7) is 12.4. The van der Waals surface area contributed by atoms with Crippen LogP contribution in [0.2, 0.25) is 0 Å². The van der Waals surface area contributed by atoms with Gasteiger partial charge in [0.1, 0.15) is 0 Å². The molecule has 0 N–H and O–H groups in total. The number of hydrogen-bond donors (Lipinski definition) is 0. The van der Waals surface area contributed by atoms with Crippen LogP contribution in [0.4, 0.5) is 18.9 Å². The van der Waals surface area contributed by atoms with Crippen molar-refractivity contribution in [3.05, 3.63) is 197 Å². The zero-order valence-corrected chi connectivity index (χ0v) is 32.5. The van der Waals surface area contributed by atoms with Gasteiger partial charge >= 0.3 is 6.18 Å². The minimum absolute atomic E-state index is 0.153. The van der Waals surface area contributed by atoms with Crippen LogP contribution in [-0.4, -0.2) is 9.13 Å². The number of hydrogen-bond acceptors (Lipinski definition) is 1. The molecule has 0 bridgehead atoms. The highest BCUT2D eigenvalue weighted by Crippen LogP contribution is 2.47. The molecule has 10 aromatic rings. The summed E-state index contributed by atoms with van der Waals surface area (Å²) in [6, 6.07) is 54.6. The fourth-order valence-electron chi connectivity index (χ4n) is 8.79. The molecule has 0 amide bonds. The monoisotopic (exact) mass is 782 g/mol. The molecule has 0 spiro atoms. The minimum atomic E-state index is -4.66. The number of nitrogens with zero attached hydrogens (tertiary/aromatic N) is 4. The third kappa shape index (κ3) is 5.91. The number of aryl methyl sites for hydroxylation is 2. The Balaban J connectivity index is 1.39. The van der Waals surface area contributed by atoms with Gasteiger partial charge in [-0.3, -0.25) is 0 Å². The number of para-hydroxylation sites is 2. The maximum atomic E-state index is 14.3. The second-order valence-corrected chi connectivity index (χ2v) is 15.3. The standard InChI is InChI=1S/C53H33F3N4/c1-32-10-8-12-35(24-32)37-18-21-42-40-14-4-6-16-46(40)59(48(42)28-37)50-26-34(31-57)27-51(52(50)44-23-20-39(53(54,55)56)30-45(44)58-3)60-47-17-7-5-15-41(47)43-22-19-38(29-49(43)60)36-13-9-11-33(2)25-36/h4-30H,1-2H3. The van der Waals surface area contributed by atoms with Crippen LogP contribution in [0.15, 0.2) is 164 Å². The summed E-state index contributed by atoms with van der Waals surface area (Å²) in [7, 11) is 0. The van der Waals surface area contributed by atoms with Gasteiger partial charge in [-0.15, -0.1) is 0 Å². The minimum Gasteiger partial charge on any atom is -0.309 e. The summed E-state index contributed by atoms with van der Waals surface area (Å²) in [5.74, 6) is 0. The van der Waals surface area contributed by atoms with Crippen molar-refractivity contribution in [2.24, 2.45) is 0 Å². The average Bonchev–Trinajstić information content (AvgIpc) is 3.77. The van der Waals surface area contributed by atoms with E-state index in [1.807, 2.05) is 48.5 Å². The van der Waals surface area contributed by atoms with Gasteiger partial charge in [0, 0.05) is 32.7 Å². The van der Waals surface area contributed by atoms with Crippen LogP contribution in [0.1, 0.15) is 22.3 Å². The maximum absolute atomic E-state index is 14.3. The molecule has 2 heterocycles. The van der Waals surface area contributed by atoms with E-state index in [1.54, 1.807) is 12.1 Å². The molecule has 286 valence electrons. The van der Waals surface area contributed by atoms with E-state index in [1.165, 1.54) is 6.07 Å². The van der Waals surface area contributed by atoms with Crippen molar-refractivity contribution in [1.29, 1.82) is 5.26 Å². The van der Waals surface area contributed by atoms with E-state index in [4.69, 9.17) is 6.57 Å². The molecular weight excluding hydrogens is 750 g/mol. The highest BCUT2D eigenvalue weighted by atomic mass is 19.4. The van der Waals surface area contributed by atoms with Crippen LogP contribution < -0.4 is 0 Å². The Morgan fingerprint density at radius 1 is 0.517 bits per heavy atom. The number of fused-ring (bicyclic) bond motifs is 6. The van der Waals surface area contributed by atoms with Crippen molar-refractivity contribution in [1.82, 2.24) is 9.13 Å². The molecule has 0 fully saturated rings. The van der Waals surface area contributed by atoms with Gasteiger partial charge in [-0.1, -0.05) is 132 Å². The van der Waals surface area contributed by atoms with Gasteiger partial charge in [0.05, 0.1) is 51.6 Å². The Morgan fingerprint density at radius 2 is 1.00 bits per heavy atom. The number of halogens is 3. The lowest BCUT2D eigenvalue weighted by Crippen LogP contribution is -2.07. The molecule has 0 aliphatic heterocycles. The lowest BCUT2D eigenvalue weighted by molar-refractivity contribution is -0.137. The van der Waals surface area contributed by atoms with Gasteiger partial charge in [-0.25, -0.2) is 4.85 Å². The lowest BCUT2D eigenvalue weighted by atomic mass is 9.95. The highest BCUT2D eigenvalue weighted by Gasteiger charge is 2.32. The van der Waals surface area contributed by atoms with Gasteiger partial charge in [0.25, 0.3) is 0 Å². The first-order chi connectivity index (χ1) is 29.1. The van der Waals surface area contributed by atoms with Crippen LogP contribution in [-0.2, 0) is 6.18 Å². The van der Waals surface area contributed by atoms with Gasteiger partial charge in [0.15, 0.2) is 5.69 Å². The summed E-state index contributed by atoms with van der Waals surface area (Å²) >= 11 is 0. The molecule has 7 heteroatoms. The fourth-order valence-corrected chi connectivity index (χ4v) is 8.79. The Morgan fingerprint density at radius 3 is 1.47 bits per heavy atom. The van der Waals surface area contributed by atoms with Gasteiger partial charge < -0.3 is 9.13 Å². The molecule has 0 saturated carbocycles. The fraction of sp³-hybridized carbons (Fsp3) is 0.0566. The Bertz CT molecular complexity index is 3300. The van der Waals surface area contributed by atoms with E-state index in [0.717, 1.165) is 89.1 Å². The molecule has 60 heavy (non-hydrogen) atoms. The Hall–Kier alpha value is -7.87. The molecule has 0 radical (unpaired) electrons. The summed E-state index contributed by atoms with van der Waals surface area (Å²) in [4.78, 5) is 3.75. The van der Waals surface area contributed by atoms with E-state index in [9.17, 15) is 18.4 Å². The van der Waals surface area contributed by atoms with Crippen LogP contribution in [0.5, 0.6) is 0 Å². The van der Waals surface area contributed by atoms with Crippen molar-refractivity contribution < 1.29 is 13.2 Å². The summed E-state index contributed by atoms with van der Waals surface area (Å²) in [5.41, 5.74) is 10.9. The molecular formula is C53H33F3N4. The summed E-state index contributed by atoms with van der Waals surface area (Å²) < 4.78 is 47.1. The van der Waals surface area contributed by atoms with E-state index in [-0.39, 0.29) is 5.69 Å². The van der Waals surface area contributed by atoms with Crippen molar-refractivity contribution in [3.63, 3.8) is 0 Å². The van der Waals surface area contributed by atoms with Crippen LogP contribution in [0.3, 0.4) is 0 Å². The first-order valence-corrected chi connectivity index (χ1v) is 19.5. The third-order valence-corrected chi connectivity index (χ3v) is 11.5. The molecule has 8 aromatic carbocycles. The number of benzene rings is 8. The molecule has 10 rings (SSSR count). The molecule has 0 unspecified atom stereocenters. The predicted octanol–water partition coefficient (Wildman–Crippen LogP) is 14.9. The molecule has 0 atom stereocenters. The SMILES string of the molecule is [C-]#[N+]c1cc(C(F)(F)F)ccc1-c1c(-n2c3ccccc3c3ccc(-c4cccc(C)c4)cc32)cc(C#N)cc1-n1c2ccccc2c2ccc(-c3cccc(C)c3)cc21. The van der Waals surface area contributed by atoms with Crippen LogP contribution in [0, 0.1) is 31.8 Å². The Labute approximate surface area is 344 Å².